The SMILES string of the molecule is COC(=O)c1ccc(-c2ccccc2S(=O)(=O)N(COCC[Si](C)(C)C)c2onc(C)c2C)c(CCO)c1. The van der Waals surface area contributed by atoms with E-state index in [1.807, 2.05) is 0 Å². The summed E-state index contributed by atoms with van der Waals surface area (Å²) < 4.78 is 45.7. The van der Waals surface area contributed by atoms with Crippen molar-refractivity contribution < 1.29 is 32.3 Å². The van der Waals surface area contributed by atoms with Gasteiger partial charge in [0.05, 0.1) is 23.3 Å². The fourth-order valence-corrected chi connectivity index (χ4v) is 6.16. The molecular formula is C27H36N2O7SSi. The number of benzene rings is 2. The van der Waals surface area contributed by atoms with Crippen molar-refractivity contribution >= 4 is 30.0 Å². The molecule has 1 N–H and O–H groups in total. The third-order valence-corrected chi connectivity index (χ3v) is 9.68. The molecule has 0 aliphatic carbocycles. The number of ether oxygens (including phenoxy) is 2. The number of anilines is 1. The van der Waals surface area contributed by atoms with Crippen molar-refractivity contribution in [1.82, 2.24) is 5.16 Å². The first-order valence-corrected chi connectivity index (χ1v) is 17.5. The summed E-state index contributed by atoms with van der Waals surface area (Å²) in [4.78, 5) is 12.1. The van der Waals surface area contributed by atoms with Crippen LogP contribution in [0.5, 0.6) is 0 Å². The molecule has 0 saturated carbocycles. The number of rotatable bonds is 12. The molecule has 3 aromatic rings. The van der Waals surface area contributed by atoms with Crippen molar-refractivity contribution in [1.29, 1.82) is 0 Å². The van der Waals surface area contributed by atoms with Gasteiger partial charge in [-0.1, -0.05) is 49.1 Å². The fourth-order valence-electron chi connectivity index (χ4n) is 3.86. The molecule has 206 valence electrons. The molecule has 1 aromatic heterocycles. The number of esters is 1. The van der Waals surface area contributed by atoms with E-state index in [2.05, 4.69) is 24.8 Å². The minimum atomic E-state index is -4.19. The average molecular weight is 561 g/mol. The Labute approximate surface area is 225 Å². The summed E-state index contributed by atoms with van der Waals surface area (Å²) in [7, 11) is -4.29. The maximum Gasteiger partial charge on any atom is 0.337 e. The summed E-state index contributed by atoms with van der Waals surface area (Å²) in [5.41, 5.74) is 3.11. The Morgan fingerprint density at radius 3 is 2.42 bits per heavy atom. The van der Waals surface area contributed by atoms with Crippen LogP contribution in [0.1, 0.15) is 27.2 Å². The number of aliphatic hydroxyl groups excluding tert-OH is 1. The van der Waals surface area contributed by atoms with Gasteiger partial charge >= 0.3 is 5.97 Å². The van der Waals surface area contributed by atoms with Gasteiger partial charge in [0, 0.05) is 32.4 Å². The van der Waals surface area contributed by atoms with Gasteiger partial charge in [0.25, 0.3) is 10.0 Å². The number of hydrogen-bond acceptors (Lipinski definition) is 8. The Morgan fingerprint density at radius 1 is 1.11 bits per heavy atom. The molecule has 0 amide bonds. The van der Waals surface area contributed by atoms with E-state index >= 15 is 0 Å². The fraction of sp³-hybridized carbons (Fsp3) is 0.407. The molecule has 0 bridgehead atoms. The summed E-state index contributed by atoms with van der Waals surface area (Å²) in [5.74, 6) is -0.420. The molecular weight excluding hydrogens is 524 g/mol. The van der Waals surface area contributed by atoms with Gasteiger partial charge in [-0.2, -0.15) is 0 Å². The number of sulfonamides is 1. The van der Waals surface area contributed by atoms with Gasteiger partial charge < -0.3 is 19.1 Å². The summed E-state index contributed by atoms with van der Waals surface area (Å²) in [6, 6.07) is 12.3. The maximum absolute atomic E-state index is 14.2. The molecule has 2 aromatic carbocycles. The molecule has 0 unspecified atom stereocenters. The zero-order valence-electron chi connectivity index (χ0n) is 22.8. The number of methoxy groups -OCH3 is 1. The average Bonchev–Trinajstić information content (AvgIpc) is 3.20. The van der Waals surface area contributed by atoms with E-state index in [-0.39, 0.29) is 30.5 Å². The van der Waals surface area contributed by atoms with Gasteiger partial charge in [0.2, 0.25) is 5.88 Å². The van der Waals surface area contributed by atoms with Crippen molar-refractivity contribution in [2.45, 2.75) is 50.8 Å². The standard InChI is InChI=1S/C27H36N2O7SSi/c1-19-20(2)28-36-26(19)29(18-35-15-16-38(4,5)6)37(32,33)25-10-8-7-9-24(25)23-12-11-22(27(31)34-3)17-21(23)13-14-30/h7-12,17,30H,13-16,18H2,1-6H3. The third kappa shape index (κ3) is 6.71. The number of aryl methyl sites for hydroxylation is 1. The molecule has 0 saturated heterocycles. The van der Waals surface area contributed by atoms with Crippen LogP contribution in [-0.4, -0.2) is 59.8 Å². The van der Waals surface area contributed by atoms with Crippen LogP contribution in [0.2, 0.25) is 25.7 Å². The maximum atomic E-state index is 14.2. The minimum absolute atomic E-state index is 0.0345. The molecule has 0 spiro atoms. The van der Waals surface area contributed by atoms with E-state index in [4.69, 9.17) is 14.0 Å². The lowest BCUT2D eigenvalue weighted by molar-refractivity contribution is 0.0600. The van der Waals surface area contributed by atoms with E-state index in [0.29, 0.717) is 40.1 Å². The third-order valence-electron chi connectivity index (χ3n) is 6.22. The largest absolute Gasteiger partial charge is 0.465 e. The van der Waals surface area contributed by atoms with Gasteiger partial charge in [0.1, 0.15) is 6.73 Å². The number of carbonyl (C=O) groups excluding carboxylic acids is 1. The number of aromatic nitrogens is 1. The monoisotopic (exact) mass is 560 g/mol. The van der Waals surface area contributed by atoms with Crippen LogP contribution in [0, 0.1) is 13.8 Å². The van der Waals surface area contributed by atoms with Crippen molar-refractivity contribution in [3.05, 3.63) is 64.8 Å². The molecule has 1 heterocycles. The highest BCUT2D eigenvalue weighted by molar-refractivity contribution is 7.93. The normalized spacial score (nSPS) is 12.0. The molecule has 38 heavy (non-hydrogen) atoms. The highest BCUT2D eigenvalue weighted by Gasteiger charge is 2.33. The van der Waals surface area contributed by atoms with Gasteiger partial charge in [-0.3, -0.25) is 0 Å². The van der Waals surface area contributed by atoms with Crippen molar-refractivity contribution in [3.8, 4) is 11.1 Å². The first-order chi connectivity index (χ1) is 17.9. The molecule has 0 aliphatic heterocycles. The Morgan fingerprint density at radius 2 is 1.82 bits per heavy atom. The molecule has 3 rings (SSSR count). The lowest BCUT2D eigenvalue weighted by Crippen LogP contribution is -2.34. The quantitative estimate of drug-likeness (QED) is 0.145. The van der Waals surface area contributed by atoms with Gasteiger partial charge in [-0.05, 0) is 55.6 Å². The Kier molecular flexibility index (Phi) is 9.53. The molecule has 0 radical (unpaired) electrons. The lowest BCUT2D eigenvalue weighted by atomic mass is 9.95. The van der Waals surface area contributed by atoms with E-state index in [9.17, 15) is 18.3 Å². The number of hydrogen-bond donors (Lipinski definition) is 1. The van der Waals surface area contributed by atoms with E-state index < -0.39 is 24.1 Å². The number of aliphatic hydroxyl groups is 1. The summed E-state index contributed by atoms with van der Waals surface area (Å²) in [6.07, 6.45) is 0.221. The van der Waals surface area contributed by atoms with Crippen LogP contribution < -0.4 is 4.31 Å². The molecule has 0 atom stereocenters. The van der Waals surface area contributed by atoms with Crippen LogP contribution in [0.15, 0.2) is 51.9 Å². The van der Waals surface area contributed by atoms with Crippen molar-refractivity contribution in [2.24, 2.45) is 0 Å². The first-order valence-electron chi connectivity index (χ1n) is 12.4. The highest BCUT2D eigenvalue weighted by Crippen LogP contribution is 2.35. The zero-order valence-corrected chi connectivity index (χ0v) is 24.6. The van der Waals surface area contributed by atoms with Crippen molar-refractivity contribution in [2.75, 3.05) is 31.4 Å². The summed E-state index contributed by atoms with van der Waals surface area (Å²) >= 11 is 0. The second-order valence-corrected chi connectivity index (χ2v) is 17.7. The number of nitrogens with zero attached hydrogens (tertiary/aromatic N) is 2. The molecule has 9 nitrogen and oxygen atoms in total. The molecule has 11 heteroatoms. The van der Waals surface area contributed by atoms with Gasteiger partial charge in [0.15, 0.2) is 0 Å². The predicted molar refractivity (Wildman–Crippen MR) is 149 cm³/mol. The van der Waals surface area contributed by atoms with E-state index in [0.717, 1.165) is 10.3 Å². The van der Waals surface area contributed by atoms with Crippen LogP contribution in [0.3, 0.4) is 0 Å². The highest BCUT2D eigenvalue weighted by atomic mass is 32.2. The Balaban J connectivity index is 2.11. The van der Waals surface area contributed by atoms with E-state index in [1.54, 1.807) is 50.2 Å². The van der Waals surface area contributed by atoms with Crippen LogP contribution in [-0.2, 0) is 25.9 Å². The summed E-state index contributed by atoms with van der Waals surface area (Å²) in [6.45, 7) is 10.2. The van der Waals surface area contributed by atoms with Crippen molar-refractivity contribution in [3.63, 3.8) is 0 Å². The second-order valence-electron chi connectivity index (χ2n) is 10.2. The Bertz CT molecular complexity index is 1380. The van der Waals surface area contributed by atoms with Crippen LogP contribution in [0.25, 0.3) is 11.1 Å². The summed E-state index contributed by atoms with van der Waals surface area (Å²) in [5, 5.41) is 13.6. The van der Waals surface area contributed by atoms with Crippen LogP contribution >= 0.6 is 0 Å². The first kappa shape index (κ1) is 29.6. The lowest BCUT2D eigenvalue weighted by Gasteiger charge is -2.24. The van der Waals surface area contributed by atoms with Gasteiger partial charge in [-0.15, -0.1) is 0 Å². The zero-order chi connectivity index (χ0) is 28.1. The van der Waals surface area contributed by atoms with Gasteiger partial charge in [-0.25, -0.2) is 17.5 Å². The molecule has 0 aliphatic rings. The molecule has 0 fully saturated rings. The Hall–Kier alpha value is -2.99. The predicted octanol–water partition coefficient (Wildman–Crippen LogP) is 4.79. The topological polar surface area (TPSA) is 119 Å². The smallest absolute Gasteiger partial charge is 0.337 e. The number of carbonyl (C=O) groups is 1. The van der Waals surface area contributed by atoms with Crippen LogP contribution in [0.4, 0.5) is 5.88 Å². The van der Waals surface area contributed by atoms with E-state index in [1.165, 1.54) is 13.2 Å². The second kappa shape index (κ2) is 12.2. The minimum Gasteiger partial charge on any atom is -0.465 e.